The van der Waals surface area contributed by atoms with E-state index in [-0.39, 0.29) is 0 Å². The number of nitrogens with zero attached hydrogens (tertiary/aromatic N) is 3. The molecule has 0 bridgehead atoms. The van der Waals surface area contributed by atoms with Crippen molar-refractivity contribution >= 4 is 17.1 Å². The molecule has 0 atom stereocenters. The van der Waals surface area contributed by atoms with Gasteiger partial charge in [-0.15, -0.1) is 0 Å². The Morgan fingerprint density at radius 1 is 0.514 bits per heavy atom. The Kier molecular flexibility index (Phi) is 9.16. The van der Waals surface area contributed by atoms with Gasteiger partial charge in [-0.1, -0.05) is 91.0 Å². The Bertz CT molecular complexity index is 1170. The molecule has 1 radical (unpaired) electrons. The number of anilines is 3. The van der Waals surface area contributed by atoms with Gasteiger partial charge in [-0.3, -0.25) is 14.5 Å². The molecule has 191 valence electrons. The molecule has 4 aromatic rings. The van der Waals surface area contributed by atoms with Crippen LogP contribution in [0.5, 0.6) is 0 Å². The average molecular weight is 497 g/mol. The van der Waals surface area contributed by atoms with Gasteiger partial charge < -0.3 is 0 Å². The summed E-state index contributed by atoms with van der Waals surface area (Å²) in [5, 5.41) is 5.54. The van der Waals surface area contributed by atoms with Crippen LogP contribution in [-0.2, 0) is 34.1 Å². The lowest BCUT2D eigenvalue weighted by atomic mass is 10.1. The smallest absolute Gasteiger partial charge is 0.0715 e. The minimum absolute atomic E-state index is 0.556. The van der Waals surface area contributed by atoms with Crippen LogP contribution in [0, 0.1) is 6.92 Å². The predicted molar refractivity (Wildman–Crippen MR) is 150 cm³/mol. The molecule has 4 rings (SSSR count). The highest BCUT2D eigenvalue weighted by atomic mass is 16.7. The summed E-state index contributed by atoms with van der Waals surface area (Å²) in [6.07, 6.45) is 0. The SMILES string of the molecule is [CH2]c1c(N(Cc2ccccc2)OC)cc(N(Cc2ccccc2)OC)cc1N(Cc1ccccc1)OC. The van der Waals surface area contributed by atoms with Crippen LogP contribution in [0.4, 0.5) is 17.1 Å². The van der Waals surface area contributed by atoms with E-state index >= 15 is 0 Å². The molecule has 0 heterocycles. The summed E-state index contributed by atoms with van der Waals surface area (Å²) < 4.78 is 0. The zero-order valence-corrected chi connectivity index (χ0v) is 21.7. The third-order valence-corrected chi connectivity index (χ3v) is 6.18. The second-order valence-electron chi connectivity index (χ2n) is 8.58. The number of benzene rings is 4. The predicted octanol–water partition coefficient (Wildman–Crippen LogP) is 6.57. The van der Waals surface area contributed by atoms with Crippen LogP contribution >= 0.6 is 0 Å². The Morgan fingerprint density at radius 2 is 0.838 bits per heavy atom. The van der Waals surface area contributed by atoms with Crippen LogP contribution in [-0.4, -0.2) is 21.3 Å². The first-order valence-electron chi connectivity index (χ1n) is 12.2. The normalized spacial score (nSPS) is 10.8. The van der Waals surface area contributed by atoms with E-state index in [1.165, 1.54) is 0 Å². The monoisotopic (exact) mass is 496 g/mol. The number of hydrogen-bond donors (Lipinski definition) is 0. The van der Waals surface area contributed by atoms with Crippen LogP contribution in [0.2, 0.25) is 0 Å². The second kappa shape index (κ2) is 12.9. The molecule has 37 heavy (non-hydrogen) atoms. The molecule has 6 heteroatoms. The molecule has 0 saturated carbocycles. The van der Waals surface area contributed by atoms with E-state index in [0.717, 1.165) is 39.3 Å². The fourth-order valence-corrected chi connectivity index (χ4v) is 4.22. The van der Waals surface area contributed by atoms with E-state index in [2.05, 4.69) is 43.3 Å². The summed E-state index contributed by atoms with van der Waals surface area (Å²) in [4.78, 5) is 17.6. The Morgan fingerprint density at radius 3 is 1.16 bits per heavy atom. The van der Waals surface area contributed by atoms with Gasteiger partial charge in [0.15, 0.2) is 0 Å². The zero-order valence-electron chi connectivity index (χ0n) is 21.7. The van der Waals surface area contributed by atoms with Gasteiger partial charge in [-0.2, -0.15) is 0 Å². The largest absolute Gasteiger partial charge is 0.276 e. The van der Waals surface area contributed by atoms with Crippen LogP contribution in [0.25, 0.3) is 0 Å². The lowest BCUT2D eigenvalue weighted by Gasteiger charge is -2.31. The van der Waals surface area contributed by atoms with E-state index in [0.29, 0.717) is 19.6 Å². The van der Waals surface area contributed by atoms with Crippen molar-refractivity contribution in [1.82, 2.24) is 0 Å². The van der Waals surface area contributed by atoms with Gasteiger partial charge in [-0.05, 0) is 35.7 Å². The Balaban J connectivity index is 1.77. The van der Waals surface area contributed by atoms with Gasteiger partial charge >= 0.3 is 0 Å². The lowest BCUT2D eigenvalue weighted by Crippen LogP contribution is -2.27. The van der Waals surface area contributed by atoms with Crippen LogP contribution in [0.3, 0.4) is 0 Å². The van der Waals surface area contributed by atoms with Crippen LogP contribution in [0.15, 0.2) is 103 Å². The molecule has 6 nitrogen and oxygen atoms in total. The minimum Gasteiger partial charge on any atom is -0.276 e. The third kappa shape index (κ3) is 6.68. The fraction of sp³-hybridized carbons (Fsp3) is 0.194. The molecule has 0 amide bonds. The van der Waals surface area contributed by atoms with Gasteiger partial charge in [0.1, 0.15) is 0 Å². The molecule has 0 fully saturated rings. The van der Waals surface area contributed by atoms with E-state index in [1.54, 1.807) is 21.3 Å². The molecule has 0 aliphatic heterocycles. The first-order chi connectivity index (χ1) is 18.1. The maximum absolute atomic E-state index is 5.87. The molecule has 0 aliphatic rings. The summed E-state index contributed by atoms with van der Waals surface area (Å²) in [5.74, 6) is 0. The molecule has 4 aromatic carbocycles. The molecule has 0 saturated heterocycles. The van der Waals surface area contributed by atoms with E-state index < -0.39 is 0 Å². The summed E-state index contributed by atoms with van der Waals surface area (Å²) in [6, 6.07) is 34.7. The van der Waals surface area contributed by atoms with Crippen molar-refractivity contribution in [1.29, 1.82) is 0 Å². The number of hydrogen-bond acceptors (Lipinski definition) is 6. The topological polar surface area (TPSA) is 37.4 Å². The van der Waals surface area contributed by atoms with Gasteiger partial charge in [0, 0.05) is 5.56 Å². The van der Waals surface area contributed by atoms with Crippen molar-refractivity contribution in [3.63, 3.8) is 0 Å². The molecular formula is C31H34N3O3. The van der Waals surface area contributed by atoms with Crippen molar-refractivity contribution < 1.29 is 14.5 Å². The highest BCUT2D eigenvalue weighted by molar-refractivity contribution is 5.75. The minimum atomic E-state index is 0.556. The third-order valence-electron chi connectivity index (χ3n) is 6.18. The molecule has 0 unspecified atom stereocenters. The molecule has 0 spiro atoms. The highest BCUT2D eigenvalue weighted by Crippen LogP contribution is 2.37. The first-order valence-corrected chi connectivity index (χ1v) is 12.2. The van der Waals surface area contributed by atoms with Crippen molar-refractivity contribution in [2.75, 3.05) is 36.5 Å². The van der Waals surface area contributed by atoms with Crippen molar-refractivity contribution in [3.05, 3.63) is 132 Å². The maximum atomic E-state index is 5.87. The van der Waals surface area contributed by atoms with E-state index in [4.69, 9.17) is 14.5 Å². The average Bonchev–Trinajstić information content (AvgIpc) is 2.95. The summed E-state index contributed by atoms with van der Waals surface area (Å²) >= 11 is 0. The van der Waals surface area contributed by atoms with Gasteiger partial charge in [0.05, 0.1) is 58.0 Å². The molecule has 0 N–H and O–H groups in total. The number of rotatable bonds is 12. The summed E-state index contributed by atoms with van der Waals surface area (Å²) in [5.41, 5.74) is 6.66. The quantitative estimate of drug-likeness (QED) is 0.207. The van der Waals surface area contributed by atoms with Crippen LogP contribution < -0.4 is 15.2 Å². The highest BCUT2D eigenvalue weighted by Gasteiger charge is 2.21. The van der Waals surface area contributed by atoms with E-state index in [1.807, 2.05) is 81.9 Å². The molecule has 0 aliphatic carbocycles. The van der Waals surface area contributed by atoms with Crippen molar-refractivity contribution in [3.8, 4) is 0 Å². The van der Waals surface area contributed by atoms with Crippen molar-refractivity contribution in [2.45, 2.75) is 19.6 Å². The summed E-state index contributed by atoms with van der Waals surface area (Å²) in [7, 11) is 5.02. The zero-order chi connectivity index (χ0) is 26.0. The maximum Gasteiger partial charge on any atom is 0.0715 e. The Hall–Kier alpha value is -3.84. The molecular weight excluding hydrogens is 462 g/mol. The lowest BCUT2D eigenvalue weighted by molar-refractivity contribution is 0.156. The summed E-state index contributed by atoms with van der Waals surface area (Å²) in [6.45, 7) is 6.13. The van der Waals surface area contributed by atoms with Gasteiger partial charge in [0.25, 0.3) is 0 Å². The molecule has 0 aromatic heterocycles. The number of hydroxylamine groups is 3. The first kappa shape index (κ1) is 26.2. The van der Waals surface area contributed by atoms with E-state index in [9.17, 15) is 0 Å². The Labute approximate surface area is 220 Å². The fourth-order valence-electron chi connectivity index (χ4n) is 4.22. The van der Waals surface area contributed by atoms with Gasteiger partial charge in [0.2, 0.25) is 0 Å². The van der Waals surface area contributed by atoms with Gasteiger partial charge in [-0.25, -0.2) is 15.2 Å². The second-order valence-corrected chi connectivity index (χ2v) is 8.58. The standard InChI is InChI=1S/C31H34N3O3/c1-25-30(33(36-3)23-27-16-10-6-11-17-27)20-29(32(35-2)22-26-14-8-5-9-15-26)21-31(25)34(37-4)24-28-18-12-7-13-19-28/h5-21H,1,22-24H2,2-4H3. The van der Waals surface area contributed by atoms with Crippen molar-refractivity contribution in [2.24, 2.45) is 0 Å². The van der Waals surface area contributed by atoms with Crippen LogP contribution in [0.1, 0.15) is 22.3 Å².